The van der Waals surface area contributed by atoms with Crippen molar-refractivity contribution in [2.75, 3.05) is 12.3 Å². The number of ether oxygens (including phenoxy) is 2. The van der Waals surface area contributed by atoms with Crippen molar-refractivity contribution in [3.63, 3.8) is 0 Å². The molecule has 10 nitrogen and oxygen atoms in total. The molecule has 5 rings (SSSR count). The van der Waals surface area contributed by atoms with Gasteiger partial charge in [0.1, 0.15) is 24.4 Å². The first kappa shape index (κ1) is 19.2. The Labute approximate surface area is 171 Å². The van der Waals surface area contributed by atoms with Gasteiger partial charge in [-0.1, -0.05) is 24.3 Å². The Balaban J connectivity index is 1.49. The molecule has 0 spiro atoms. The van der Waals surface area contributed by atoms with Crippen LogP contribution >= 0.6 is 0 Å². The fourth-order valence-electron chi connectivity index (χ4n) is 4.23. The van der Waals surface area contributed by atoms with Crippen LogP contribution in [0.3, 0.4) is 0 Å². The van der Waals surface area contributed by atoms with Gasteiger partial charge < -0.3 is 30.5 Å². The van der Waals surface area contributed by atoms with Gasteiger partial charge in [-0.3, -0.25) is 4.57 Å². The molecule has 30 heavy (non-hydrogen) atoms. The number of imidazole rings is 1. The van der Waals surface area contributed by atoms with E-state index in [9.17, 15) is 15.3 Å². The minimum atomic E-state index is -1.26. The Morgan fingerprint density at radius 3 is 2.83 bits per heavy atom. The lowest BCUT2D eigenvalue weighted by atomic mass is 9.89. The lowest BCUT2D eigenvalue weighted by molar-refractivity contribution is -0.0511. The fourth-order valence-corrected chi connectivity index (χ4v) is 4.23. The van der Waals surface area contributed by atoms with Gasteiger partial charge >= 0.3 is 6.01 Å². The van der Waals surface area contributed by atoms with Gasteiger partial charge in [0.05, 0.1) is 12.9 Å². The SMILES string of the molecule is Nc1nc(OC2CCCc3ccccc32)nc2c1ncn2[C@@H]1O[C@H](CO)C(O)C1O. The number of aliphatic hydroxyl groups is 3. The largest absolute Gasteiger partial charge is 0.455 e. The molecule has 2 aromatic heterocycles. The van der Waals surface area contributed by atoms with Crippen LogP contribution in [0.1, 0.15) is 36.3 Å². The van der Waals surface area contributed by atoms with Crippen LogP contribution in [-0.4, -0.2) is 59.8 Å². The van der Waals surface area contributed by atoms with Crippen LogP contribution in [-0.2, 0) is 11.2 Å². The van der Waals surface area contributed by atoms with E-state index in [0.717, 1.165) is 24.8 Å². The molecule has 1 aliphatic heterocycles. The number of aryl methyl sites for hydroxylation is 1. The Morgan fingerprint density at radius 2 is 2.03 bits per heavy atom. The van der Waals surface area contributed by atoms with Gasteiger partial charge in [0, 0.05) is 0 Å². The topological polar surface area (TPSA) is 149 Å². The summed E-state index contributed by atoms with van der Waals surface area (Å²) in [6.45, 7) is -0.423. The maximum absolute atomic E-state index is 10.4. The van der Waals surface area contributed by atoms with Crippen LogP contribution in [0.4, 0.5) is 5.82 Å². The van der Waals surface area contributed by atoms with E-state index in [4.69, 9.17) is 15.2 Å². The molecule has 0 bridgehead atoms. The van der Waals surface area contributed by atoms with Gasteiger partial charge in [0.2, 0.25) is 0 Å². The van der Waals surface area contributed by atoms with Crippen LogP contribution in [0.25, 0.3) is 11.2 Å². The standard InChI is InChI=1S/C20H23N5O5/c21-17-14-18(25(9-22-14)19-16(28)15(27)13(8-26)29-19)24-20(23-17)30-12-7-3-5-10-4-1-2-6-11(10)12/h1-2,4,6,9,12-13,15-16,19,26-28H,3,5,7-8H2,(H2,21,23,24)/t12?,13-,15?,16?,19-/m1/s1. The number of nitrogens with zero attached hydrogens (tertiary/aromatic N) is 4. The van der Waals surface area contributed by atoms with Gasteiger partial charge in [0.25, 0.3) is 0 Å². The zero-order valence-corrected chi connectivity index (χ0v) is 16.1. The number of fused-ring (bicyclic) bond motifs is 2. The van der Waals surface area contributed by atoms with E-state index in [1.54, 1.807) is 0 Å². The second-order valence-electron chi connectivity index (χ2n) is 7.64. The van der Waals surface area contributed by atoms with Crippen molar-refractivity contribution in [2.24, 2.45) is 0 Å². The maximum Gasteiger partial charge on any atom is 0.321 e. The lowest BCUT2D eigenvalue weighted by Crippen LogP contribution is -2.33. The third-order valence-corrected chi connectivity index (χ3v) is 5.78. The minimum absolute atomic E-state index is 0.107. The quantitative estimate of drug-likeness (QED) is 0.479. The molecule has 1 fully saturated rings. The summed E-state index contributed by atoms with van der Waals surface area (Å²) in [6, 6.07) is 8.25. The van der Waals surface area contributed by atoms with Gasteiger partial charge in [0.15, 0.2) is 23.2 Å². The predicted octanol–water partition coefficient (Wildman–Crippen LogP) is 0.476. The van der Waals surface area contributed by atoms with Gasteiger partial charge in [-0.05, 0) is 30.4 Å². The molecular formula is C20H23N5O5. The van der Waals surface area contributed by atoms with E-state index in [-0.39, 0.29) is 17.9 Å². The molecule has 2 aliphatic rings. The number of hydrogen-bond donors (Lipinski definition) is 4. The third kappa shape index (κ3) is 3.08. The van der Waals surface area contributed by atoms with Crippen LogP contribution in [0, 0.1) is 0 Å². The summed E-state index contributed by atoms with van der Waals surface area (Å²) in [7, 11) is 0. The summed E-state index contributed by atoms with van der Waals surface area (Å²) in [6.07, 6.45) is -0.290. The summed E-state index contributed by atoms with van der Waals surface area (Å²) in [4.78, 5) is 12.9. The molecule has 3 heterocycles. The summed E-state index contributed by atoms with van der Waals surface area (Å²) in [5, 5.41) is 29.8. The smallest absolute Gasteiger partial charge is 0.321 e. The zero-order chi connectivity index (χ0) is 20.8. The number of nitrogens with two attached hydrogens (primary N) is 1. The molecular weight excluding hydrogens is 390 g/mol. The highest BCUT2D eigenvalue weighted by atomic mass is 16.6. The van der Waals surface area contributed by atoms with Crippen molar-refractivity contribution in [1.82, 2.24) is 19.5 Å². The van der Waals surface area contributed by atoms with E-state index in [0.29, 0.717) is 11.2 Å². The molecule has 0 radical (unpaired) electrons. The Hall–Kier alpha value is -2.79. The molecule has 0 amide bonds. The van der Waals surface area contributed by atoms with Crippen molar-refractivity contribution < 1.29 is 24.8 Å². The predicted molar refractivity (Wildman–Crippen MR) is 105 cm³/mol. The Bertz CT molecular complexity index is 1070. The Kier molecular flexibility index (Phi) is 4.78. The molecule has 1 saturated heterocycles. The number of anilines is 1. The average Bonchev–Trinajstić information content (AvgIpc) is 3.30. The number of nitrogen functional groups attached to an aromatic ring is 1. The number of benzene rings is 1. The molecule has 0 saturated carbocycles. The first-order valence-corrected chi connectivity index (χ1v) is 9.93. The number of hydrogen-bond acceptors (Lipinski definition) is 9. The van der Waals surface area contributed by atoms with Crippen LogP contribution in [0.15, 0.2) is 30.6 Å². The number of aromatic nitrogens is 4. The summed E-state index contributed by atoms with van der Waals surface area (Å²) >= 11 is 0. The van der Waals surface area contributed by atoms with E-state index in [1.165, 1.54) is 16.5 Å². The van der Waals surface area contributed by atoms with Crippen LogP contribution in [0.2, 0.25) is 0 Å². The van der Waals surface area contributed by atoms with Crippen molar-refractivity contribution >= 4 is 17.0 Å². The molecule has 1 aromatic carbocycles. The molecule has 158 valence electrons. The summed E-state index contributed by atoms with van der Waals surface area (Å²) < 4.78 is 13.2. The number of rotatable bonds is 4. The van der Waals surface area contributed by atoms with Gasteiger partial charge in [-0.25, -0.2) is 4.98 Å². The van der Waals surface area contributed by atoms with Crippen LogP contribution in [0.5, 0.6) is 6.01 Å². The first-order valence-electron chi connectivity index (χ1n) is 9.93. The highest BCUT2D eigenvalue weighted by Gasteiger charge is 2.44. The summed E-state index contributed by atoms with van der Waals surface area (Å²) in [5.41, 5.74) is 9.10. The van der Waals surface area contributed by atoms with Crippen molar-refractivity contribution in [3.8, 4) is 6.01 Å². The third-order valence-electron chi connectivity index (χ3n) is 5.78. The monoisotopic (exact) mass is 413 g/mol. The average molecular weight is 413 g/mol. The van der Waals surface area contributed by atoms with E-state index < -0.39 is 31.1 Å². The van der Waals surface area contributed by atoms with Crippen molar-refractivity contribution in [1.29, 1.82) is 0 Å². The zero-order valence-electron chi connectivity index (χ0n) is 16.1. The number of aliphatic hydroxyl groups excluding tert-OH is 3. The van der Waals surface area contributed by atoms with E-state index in [2.05, 4.69) is 21.0 Å². The second-order valence-corrected chi connectivity index (χ2v) is 7.64. The first-order chi connectivity index (χ1) is 14.6. The van der Waals surface area contributed by atoms with Crippen LogP contribution < -0.4 is 10.5 Å². The molecule has 10 heteroatoms. The van der Waals surface area contributed by atoms with E-state index >= 15 is 0 Å². The van der Waals surface area contributed by atoms with Crippen molar-refractivity contribution in [2.45, 2.75) is 49.9 Å². The molecule has 3 unspecified atom stereocenters. The second kappa shape index (κ2) is 7.47. The highest BCUT2D eigenvalue weighted by Crippen LogP contribution is 2.35. The van der Waals surface area contributed by atoms with Gasteiger partial charge in [-0.15, -0.1) is 0 Å². The minimum Gasteiger partial charge on any atom is -0.455 e. The summed E-state index contributed by atoms with van der Waals surface area (Å²) in [5.74, 6) is 0.143. The fraction of sp³-hybridized carbons (Fsp3) is 0.450. The van der Waals surface area contributed by atoms with Gasteiger partial charge in [-0.2, -0.15) is 9.97 Å². The highest BCUT2D eigenvalue weighted by molar-refractivity contribution is 5.82. The van der Waals surface area contributed by atoms with E-state index in [1.807, 2.05) is 18.2 Å². The molecule has 5 N–H and O–H groups in total. The molecule has 5 atom stereocenters. The Morgan fingerprint density at radius 1 is 1.20 bits per heavy atom. The van der Waals surface area contributed by atoms with Crippen molar-refractivity contribution in [3.05, 3.63) is 41.7 Å². The molecule has 1 aliphatic carbocycles. The maximum atomic E-state index is 10.4. The lowest BCUT2D eigenvalue weighted by Gasteiger charge is -2.25. The molecule has 3 aromatic rings. The normalized spacial score (nSPS) is 28.6.